The smallest absolute Gasteiger partial charge is 0.128 e. The lowest BCUT2D eigenvalue weighted by molar-refractivity contribution is 0.389. The molecule has 1 aromatic heterocycles. The van der Waals surface area contributed by atoms with Crippen molar-refractivity contribution in [1.29, 1.82) is 0 Å². The minimum Gasteiger partial charge on any atom is -0.370 e. The van der Waals surface area contributed by atoms with Gasteiger partial charge >= 0.3 is 0 Å². The molecular formula is C12H19BrN2. The Labute approximate surface area is 101 Å². The summed E-state index contributed by atoms with van der Waals surface area (Å²) in [5.41, 5.74) is 1.55. The van der Waals surface area contributed by atoms with Crippen LogP contribution in [-0.4, -0.2) is 11.5 Å². The Balaban J connectivity index is 2.51. The first kappa shape index (κ1) is 12.5. The van der Waals surface area contributed by atoms with Crippen LogP contribution in [0.1, 0.15) is 32.8 Å². The van der Waals surface area contributed by atoms with Crippen LogP contribution >= 0.6 is 15.9 Å². The molecule has 1 rings (SSSR count). The summed E-state index contributed by atoms with van der Waals surface area (Å²) in [5, 5.41) is 3.36. The van der Waals surface area contributed by atoms with Crippen molar-refractivity contribution >= 4 is 21.7 Å². The van der Waals surface area contributed by atoms with E-state index in [2.05, 4.69) is 60.0 Å². The van der Waals surface area contributed by atoms with Crippen LogP contribution in [-0.2, 0) is 0 Å². The van der Waals surface area contributed by atoms with E-state index in [-0.39, 0.29) is 0 Å². The first-order valence-electron chi connectivity index (χ1n) is 5.24. The summed E-state index contributed by atoms with van der Waals surface area (Å²) in [6.45, 7) is 9.78. The average molecular weight is 271 g/mol. The molecule has 0 fully saturated rings. The van der Waals surface area contributed by atoms with Crippen LogP contribution in [0.25, 0.3) is 0 Å². The summed E-state index contributed by atoms with van der Waals surface area (Å²) in [6.07, 6.45) is 2.97. The number of aromatic nitrogens is 1. The average Bonchev–Trinajstić information content (AvgIpc) is 2.07. The van der Waals surface area contributed by atoms with Crippen LogP contribution in [0.5, 0.6) is 0 Å². The lowest BCUT2D eigenvalue weighted by Gasteiger charge is -2.18. The van der Waals surface area contributed by atoms with Gasteiger partial charge in [0.2, 0.25) is 0 Å². The molecule has 0 saturated carbocycles. The highest BCUT2D eigenvalue weighted by Crippen LogP contribution is 2.20. The van der Waals surface area contributed by atoms with Gasteiger partial charge in [0.15, 0.2) is 0 Å². The van der Waals surface area contributed by atoms with Crippen molar-refractivity contribution in [3.8, 4) is 0 Å². The number of rotatable bonds is 3. The number of nitrogens with one attached hydrogen (secondary N) is 1. The molecule has 1 aromatic rings. The van der Waals surface area contributed by atoms with E-state index in [9.17, 15) is 0 Å². The maximum Gasteiger partial charge on any atom is 0.128 e. The zero-order valence-corrected chi connectivity index (χ0v) is 11.5. The van der Waals surface area contributed by atoms with E-state index in [0.717, 1.165) is 23.3 Å². The fourth-order valence-electron chi connectivity index (χ4n) is 1.28. The van der Waals surface area contributed by atoms with Crippen molar-refractivity contribution in [3.63, 3.8) is 0 Å². The fourth-order valence-corrected chi connectivity index (χ4v) is 1.73. The second-order valence-corrected chi connectivity index (χ2v) is 5.97. The van der Waals surface area contributed by atoms with Gasteiger partial charge in [0, 0.05) is 17.2 Å². The summed E-state index contributed by atoms with van der Waals surface area (Å²) < 4.78 is 1.03. The van der Waals surface area contributed by atoms with Gasteiger partial charge in [-0.25, -0.2) is 4.98 Å². The predicted octanol–water partition coefficient (Wildman–Crippen LogP) is 4.00. The zero-order valence-electron chi connectivity index (χ0n) is 9.89. The summed E-state index contributed by atoms with van der Waals surface area (Å²) in [6, 6.07) is 2.08. The van der Waals surface area contributed by atoms with Gasteiger partial charge in [0.05, 0.1) is 0 Å². The van der Waals surface area contributed by atoms with Crippen LogP contribution in [0.3, 0.4) is 0 Å². The molecule has 1 N–H and O–H groups in total. The normalized spacial score (nSPS) is 11.5. The van der Waals surface area contributed by atoms with E-state index in [1.165, 1.54) is 5.56 Å². The van der Waals surface area contributed by atoms with E-state index in [0.29, 0.717) is 5.41 Å². The fraction of sp³-hybridized carbons (Fsp3) is 0.583. The van der Waals surface area contributed by atoms with Crippen LogP contribution in [0, 0.1) is 12.3 Å². The van der Waals surface area contributed by atoms with E-state index in [1.54, 1.807) is 0 Å². The first-order chi connectivity index (χ1) is 6.88. The number of anilines is 1. The molecule has 2 nitrogen and oxygen atoms in total. The van der Waals surface area contributed by atoms with E-state index in [1.807, 2.05) is 6.20 Å². The lowest BCUT2D eigenvalue weighted by atomic mass is 9.92. The van der Waals surface area contributed by atoms with Gasteiger partial charge < -0.3 is 5.32 Å². The maximum absolute atomic E-state index is 4.34. The van der Waals surface area contributed by atoms with Gasteiger partial charge in [0.25, 0.3) is 0 Å². The van der Waals surface area contributed by atoms with Crippen LogP contribution in [0.4, 0.5) is 5.82 Å². The molecule has 0 aliphatic heterocycles. The Morgan fingerprint density at radius 3 is 2.60 bits per heavy atom. The van der Waals surface area contributed by atoms with Gasteiger partial charge in [-0.3, -0.25) is 0 Å². The van der Waals surface area contributed by atoms with Gasteiger partial charge in [-0.1, -0.05) is 20.8 Å². The Morgan fingerprint density at radius 2 is 2.07 bits per heavy atom. The summed E-state index contributed by atoms with van der Waals surface area (Å²) in [4.78, 5) is 4.34. The molecule has 0 radical (unpaired) electrons. The highest BCUT2D eigenvalue weighted by atomic mass is 79.9. The Hall–Kier alpha value is -0.570. The Kier molecular flexibility index (Phi) is 4.14. The molecule has 0 aliphatic rings. The quantitative estimate of drug-likeness (QED) is 0.898. The van der Waals surface area contributed by atoms with Crippen LogP contribution < -0.4 is 5.32 Å². The van der Waals surface area contributed by atoms with Gasteiger partial charge in [0.1, 0.15) is 5.82 Å². The molecule has 1 heterocycles. The number of aryl methyl sites for hydroxylation is 1. The van der Waals surface area contributed by atoms with Crippen LogP contribution in [0.15, 0.2) is 16.7 Å². The maximum atomic E-state index is 4.34. The number of pyridine rings is 1. The molecular weight excluding hydrogens is 252 g/mol. The van der Waals surface area contributed by atoms with Crippen molar-refractivity contribution in [2.45, 2.75) is 34.1 Å². The first-order valence-corrected chi connectivity index (χ1v) is 6.04. The molecule has 0 spiro atoms. The third-order valence-electron chi connectivity index (χ3n) is 2.21. The van der Waals surface area contributed by atoms with Gasteiger partial charge in [-0.15, -0.1) is 0 Å². The molecule has 0 unspecified atom stereocenters. The van der Waals surface area contributed by atoms with Gasteiger partial charge in [-0.05, 0) is 46.3 Å². The Bertz CT molecular complexity index is 329. The molecule has 0 aromatic carbocycles. The highest BCUT2D eigenvalue weighted by molar-refractivity contribution is 9.10. The van der Waals surface area contributed by atoms with E-state index in [4.69, 9.17) is 0 Å². The number of nitrogens with zero attached hydrogens (tertiary/aromatic N) is 1. The number of hydrogen-bond donors (Lipinski definition) is 1. The monoisotopic (exact) mass is 270 g/mol. The van der Waals surface area contributed by atoms with Crippen molar-refractivity contribution in [1.82, 2.24) is 4.98 Å². The minimum absolute atomic E-state index is 0.371. The summed E-state index contributed by atoms with van der Waals surface area (Å²) in [7, 11) is 0. The molecule has 0 atom stereocenters. The highest BCUT2D eigenvalue weighted by Gasteiger charge is 2.09. The van der Waals surface area contributed by atoms with E-state index < -0.39 is 0 Å². The number of halogens is 1. The largest absolute Gasteiger partial charge is 0.370 e. The molecule has 3 heteroatoms. The van der Waals surface area contributed by atoms with E-state index >= 15 is 0 Å². The standard InChI is InChI=1S/C12H19BrN2/c1-9-7-10(13)8-15-11(9)14-6-5-12(2,3)4/h7-8H,5-6H2,1-4H3,(H,14,15). The Morgan fingerprint density at radius 1 is 1.40 bits per heavy atom. The number of hydrogen-bond acceptors (Lipinski definition) is 2. The molecule has 0 amide bonds. The third-order valence-corrected chi connectivity index (χ3v) is 2.65. The molecule has 0 bridgehead atoms. The second kappa shape index (κ2) is 4.97. The SMILES string of the molecule is Cc1cc(Br)cnc1NCCC(C)(C)C. The molecule has 15 heavy (non-hydrogen) atoms. The molecule has 0 saturated heterocycles. The second-order valence-electron chi connectivity index (χ2n) is 5.06. The summed E-state index contributed by atoms with van der Waals surface area (Å²) >= 11 is 3.41. The molecule has 0 aliphatic carbocycles. The lowest BCUT2D eigenvalue weighted by Crippen LogP contribution is -2.13. The topological polar surface area (TPSA) is 24.9 Å². The van der Waals surface area contributed by atoms with Crippen molar-refractivity contribution in [3.05, 3.63) is 22.3 Å². The summed E-state index contributed by atoms with van der Waals surface area (Å²) in [5.74, 6) is 0.988. The molecule has 84 valence electrons. The van der Waals surface area contributed by atoms with Crippen molar-refractivity contribution < 1.29 is 0 Å². The van der Waals surface area contributed by atoms with Crippen molar-refractivity contribution in [2.75, 3.05) is 11.9 Å². The third kappa shape index (κ3) is 4.65. The van der Waals surface area contributed by atoms with Gasteiger partial charge in [-0.2, -0.15) is 0 Å². The predicted molar refractivity (Wildman–Crippen MR) is 69.2 cm³/mol. The van der Waals surface area contributed by atoms with Crippen molar-refractivity contribution in [2.24, 2.45) is 5.41 Å². The zero-order chi connectivity index (χ0) is 11.5. The minimum atomic E-state index is 0.371. The van der Waals surface area contributed by atoms with Crippen LogP contribution in [0.2, 0.25) is 0 Å².